The Morgan fingerprint density at radius 2 is 2.00 bits per heavy atom. The fourth-order valence-electron chi connectivity index (χ4n) is 1.70. The number of carboxylic acid groups (broad SMARTS) is 1. The summed E-state index contributed by atoms with van der Waals surface area (Å²) in [7, 11) is 0. The summed E-state index contributed by atoms with van der Waals surface area (Å²) in [6.07, 6.45) is 0. The molecule has 0 aliphatic carbocycles. The monoisotopic (exact) mass is 398 g/mol. The van der Waals surface area contributed by atoms with Crippen LogP contribution in [0.4, 0.5) is 0 Å². The highest BCUT2D eigenvalue weighted by Crippen LogP contribution is 2.28. The van der Waals surface area contributed by atoms with Crippen molar-refractivity contribution in [3.63, 3.8) is 0 Å². The summed E-state index contributed by atoms with van der Waals surface area (Å²) < 4.78 is 6.57. The molecule has 2 rings (SSSR count). The van der Waals surface area contributed by atoms with Crippen LogP contribution in [0.15, 0.2) is 24.3 Å². The van der Waals surface area contributed by atoms with Gasteiger partial charge in [-0.3, -0.25) is 0 Å². The maximum atomic E-state index is 11.0. The Bertz CT molecular complexity index is 687. The van der Waals surface area contributed by atoms with Gasteiger partial charge in [0.25, 0.3) is 0 Å². The molecule has 1 aromatic heterocycles. The summed E-state index contributed by atoms with van der Waals surface area (Å²) >= 11 is 2.10. The maximum Gasteiger partial charge on any atom is 0.335 e. The van der Waals surface area contributed by atoms with Crippen LogP contribution in [0.5, 0.6) is 11.6 Å². The summed E-state index contributed by atoms with van der Waals surface area (Å²) in [5, 5.41) is 9.04. The van der Waals surface area contributed by atoms with E-state index in [1.54, 1.807) is 18.2 Å². The van der Waals surface area contributed by atoms with Crippen LogP contribution in [-0.2, 0) is 0 Å². The van der Waals surface area contributed by atoms with Crippen molar-refractivity contribution in [2.45, 2.75) is 26.7 Å². The lowest BCUT2D eigenvalue weighted by molar-refractivity contribution is 0.0696. The number of rotatable bonds is 4. The second kappa shape index (κ2) is 6.38. The fourth-order valence-corrected chi connectivity index (χ4v) is 2.15. The third-order valence-electron chi connectivity index (χ3n) is 2.76. The summed E-state index contributed by atoms with van der Waals surface area (Å²) in [4.78, 5) is 19.7. The average molecular weight is 398 g/mol. The fraction of sp³-hybridized carbons (Fsp3) is 0.267. The van der Waals surface area contributed by atoms with Crippen molar-refractivity contribution in [2.75, 3.05) is 0 Å². The normalized spacial score (nSPS) is 10.7. The standard InChI is InChI=1S/C15H15IN2O3/c1-8(2)14-17-9(3)6-13(18-14)21-12-7-10(15(19)20)4-5-11(12)16/h4-8H,1-3H3,(H,19,20). The van der Waals surface area contributed by atoms with E-state index in [0.29, 0.717) is 17.5 Å². The highest BCUT2D eigenvalue weighted by Gasteiger charge is 2.12. The molecule has 5 nitrogen and oxygen atoms in total. The number of benzene rings is 1. The number of halogens is 1. The molecule has 0 spiro atoms. The van der Waals surface area contributed by atoms with E-state index >= 15 is 0 Å². The Labute approximate surface area is 136 Å². The molecule has 0 unspecified atom stereocenters. The van der Waals surface area contributed by atoms with Gasteiger partial charge in [-0.05, 0) is 47.7 Å². The van der Waals surface area contributed by atoms with Crippen molar-refractivity contribution in [3.05, 3.63) is 44.9 Å². The van der Waals surface area contributed by atoms with Gasteiger partial charge >= 0.3 is 5.97 Å². The average Bonchev–Trinajstić information content (AvgIpc) is 2.40. The molecule has 0 atom stereocenters. The Morgan fingerprint density at radius 3 is 2.62 bits per heavy atom. The number of ether oxygens (including phenoxy) is 1. The molecule has 21 heavy (non-hydrogen) atoms. The summed E-state index contributed by atoms with van der Waals surface area (Å²) in [5.74, 6) is 0.805. The van der Waals surface area contributed by atoms with Crippen LogP contribution >= 0.6 is 22.6 Å². The topological polar surface area (TPSA) is 72.3 Å². The van der Waals surface area contributed by atoms with Gasteiger partial charge in [-0.1, -0.05) is 13.8 Å². The molecule has 0 fully saturated rings. The molecule has 2 aromatic rings. The third-order valence-corrected chi connectivity index (χ3v) is 3.65. The van der Waals surface area contributed by atoms with Gasteiger partial charge in [0.15, 0.2) is 0 Å². The molecule has 0 aliphatic heterocycles. The molecule has 110 valence electrons. The van der Waals surface area contributed by atoms with E-state index < -0.39 is 5.97 Å². The summed E-state index contributed by atoms with van der Waals surface area (Å²) in [6.45, 7) is 5.89. The molecule has 0 aliphatic rings. The van der Waals surface area contributed by atoms with E-state index in [0.717, 1.165) is 9.26 Å². The SMILES string of the molecule is Cc1cc(Oc2cc(C(=O)O)ccc2I)nc(C(C)C)n1. The zero-order chi connectivity index (χ0) is 15.6. The van der Waals surface area contributed by atoms with Gasteiger partial charge in [-0.15, -0.1) is 0 Å². The van der Waals surface area contributed by atoms with E-state index in [4.69, 9.17) is 9.84 Å². The highest BCUT2D eigenvalue weighted by molar-refractivity contribution is 14.1. The number of aromatic carboxylic acids is 1. The first-order valence-corrected chi connectivity index (χ1v) is 7.51. The van der Waals surface area contributed by atoms with Crippen molar-refractivity contribution in [2.24, 2.45) is 0 Å². The van der Waals surface area contributed by atoms with Crippen molar-refractivity contribution < 1.29 is 14.6 Å². The van der Waals surface area contributed by atoms with Gasteiger partial charge in [-0.25, -0.2) is 9.78 Å². The Balaban J connectivity index is 2.38. The molecular formula is C15H15IN2O3. The molecule has 1 aromatic carbocycles. The first-order chi connectivity index (χ1) is 9.86. The molecule has 0 bridgehead atoms. The summed E-state index contributed by atoms with van der Waals surface area (Å²) in [6, 6.07) is 6.48. The lowest BCUT2D eigenvalue weighted by atomic mass is 10.2. The minimum Gasteiger partial charge on any atom is -0.478 e. The molecule has 0 amide bonds. The summed E-state index contributed by atoms with van der Waals surface area (Å²) in [5.41, 5.74) is 0.994. The molecule has 0 saturated carbocycles. The van der Waals surface area contributed by atoms with Crippen LogP contribution < -0.4 is 4.74 Å². The number of carboxylic acids is 1. The third kappa shape index (κ3) is 3.90. The van der Waals surface area contributed by atoms with Crippen LogP contribution in [-0.4, -0.2) is 21.0 Å². The van der Waals surface area contributed by atoms with Crippen molar-refractivity contribution in [3.8, 4) is 11.6 Å². The molecule has 1 heterocycles. The quantitative estimate of drug-likeness (QED) is 0.789. The smallest absolute Gasteiger partial charge is 0.335 e. The van der Waals surface area contributed by atoms with Crippen LogP contribution in [0.2, 0.25) is 0 Å². The highest BCUT2D eigenvalue weighted by atomic mass is 127. The largest absolute Gasteiger partial charge is 0.478 e. The van der Waals surface area contributed by atoms with E-state index in [1.807, 2.05) is 20.8 Å². The predicted octanol–water partition coefficient (Wildman–Crippen LogP) is 4.00. The molecule has 6 heteroatoms. The number of aromatic nitrogens is 2. The van der Waals surface area contributed by atoms with Crippen molar-refractivity contribution in [1.82, 2.24) is 9.97 Å². The van der Waals surface area contributed by atoms with Gasteiger partial charge in [0.05, 0.1) is 9.13 Å². The van der Waals surface area contributed by atoms with Crippen LogP contribution in [0, 0.1) is 10.5 Å². The zero-order valence-corrected chi connectivity index (χ0v) is 14.1. The minimum atomic E-state index is -0.988. The first-order valence-electron chi connectivity index (χ1n) is 6.43. The van der Waals surface area contributed by atoms with E-state index in [9.17, 15) is 4.79 Å². The zero-order valence-electron chi connectivity index (χ0n) is 11.9. The van der Waals surface area contributed by atoms with E-state index in [-0.39, 0.29) is 11.5 Å². The van der Waals surface area contributed by atoms with E-state index in [2.05, 4.69) is 32.6 Å². The molecule has 0 radical (unpaired) electrons. The Morgan fingerprint density at radius 1 is 1.29 bits per heavy atom. The number of aryl methyl sites for hydroxylation is 1. The minimum absolute atomic E-state index is 0.181. The number of hydrogen-bond acceptors (Lipinski definition) is 4. The van der Waals surface area contributed by atoms with Gasteiger partial charge in [0, 0.05) is 17.7 Å². The van der Waals surface area contributed by atoms with E-state index in [1.165, 1.54) is 6.07 Å². The van der Waals surface area contributed by atoms with Gasteiger partial charge in [0.1, 0.15) is 11.6 Å². The number of nitrogens with zero attached hydrogens (tertiary/aromatic N) is 2. The predicted molar refractivity (Wildman–Crippen MR) is 87.1 cm³/mol. The molecular weight excluding hydrogens is 383 g/mol. The van der Waals surface area contributed by atoms with Crippen LogP contribution in [0.3, 0.4) is 0 Å². The van der Waals surface area contributed by atoms with Gasteiger partial charge in [0.2, 0.25) is 5.88 Å². The number of hydrogen-bond donors (Lipinski definition) is 1. The first kappa shape index (κ1) is 15.7. The van der Waals surface area contributed by atoms with Gasteiger partial charge < -0.3 is 9.84 Å². The lowest BCUT2D eigenvalue weighted by Crippen LogP contribution is -2.02. The van der Waals surface area contributed by atoms with Crippen LogP contribution in [0.1, 0.15) is 41.6 Å². The lowest BCUT2D eigenvalue weighted by Gasteiger charge is -2.11. The number of carbonyl (C=O) groups is 1. The Kier molecular flexibility index (Phi) is 4.76. The maximum absolute atomic E-state index is 11.0. The van der Waals surface area contributed by atoms with Crippen molar-refractivity contribution in [1.29, 1.82) is 0 Å². The second-order valence-corrected chi connectivity index (χ2v) is 6.08. The van der Waals surface area contributed by atoms with Crippen molar-refractivity contribution >= 4 is 28.6 Å². The molecule has 0 saturated heterocycles. The van der Waals surface area contributed by atoms with Crippen LogP contribution in [0.25, 0.3) is 0 Å². The second-order valence-electron chi connectivity index (χ2n) is 4.91. The van der Waals surface area contributed by atoms with Gasteiger partial charge in [-0.2, -0.15) is 4.98 Å². The Hall–Kier alpha value is -1.70. The molecule has 1 N–H and O–H groups in total.